The van der Waals surface area contributed by atoms with Gasteiger partial charge >= 0.3 is 0 Å². The van der Waals surface area contributed by atoms with E-state index in [-0.39, 0.29) is 0 Å². The Morgan fingerprint density at radius 3 is 2.82 bits per heavy atom. The average molecular weight is 254 g/mol. The molecule has 1 aliphatic rings. The van der Waals surface area contributed by atoms with Crippen LogP contribution in [0.15, 0.2) is 24.3 Å². The summed E-state index contributed by atoms with van der Waals surface area (Å²) in [5.41, 5.74) is 0.909. The molecule has 3 heteroatoms. The molecule has 1 unspecified atom stereocenters. The molecular weight excluding hydrogens is 234 g/mol. The third kappa shape index (κ3) is 3.98. The molecule has 1 aromatic carbocycles. The molecule has 1 atom stereocenters. The van der Waals surface area contributed by atoms with Crippen LogP contribution in [0.5, 0.6) is 0 Å². The molecule has 0 amide bonds. The Balaban J connectivity index is 1.91. The van der Waals surface area contributed by atoms with Crippen LogP contribution in [0.25, 0.3) is 0 Å². The highest BCUT2D eigenvalue weighted by Crippen LogP contribution is 2.30. The van der Waals surface area contributed by atoms with E-state index in [0.29, 0.717) is 11.6 Å². The van der Waals surface area contributed by atoms with E-state index in [1.165, 1.54) is 12.8 Å². The molecule has 0 radical (unpaired) electrons. The maximum atomic E-state index is 10.2. The maximum Gasteiger partial charge on any atom is 0.0917 e. The second-order valence-corrected chi connectivity index (χ2v) is 5.30. The average Bonchev–Trinajstić information content (AvgIpc) is 3.12. The zero-order valence-corrected chi connectivity index (χ0v) is 11.0. The van der Waals surface area contributed by atoms with Gasteiger partial charge in [-0.1, -0.05) is 30.7 Å². The number of halogens is 1. The van der Waals surface area contributed by atoms with E-state index in [0.717, 1.165) is 24.6 Å². The number of aliphatic hydroxyl groups is 1. The van der Waals surface area contributed by atoms with Gasteiger partial charge in [-0.3, -0.25) is 0 Å². The number of hydrogen-bond acceptors (Lipinski definition) is 2. The van der Waals surface area contributed by atoms with Crippen LogP contribution in [-0.4, -0.2) is 29.6 Å². The van der Waals surface area contributed by atoms with E-state index in [9.17, 15) is 5.11 Å². The molecule has 0 bridgehead atoms. The van der Waals surface area contributed by atoms with Crippen molar-refractivity contribution in [2.45, 2.75) is 25.9 Å². The van der Waals surface area contributed by atoms with E-state index in [2.05, 4.69) is 11.8 Å². The number of rotatable bonds is 6. The second-order valence-electron chi connectivity index (χ2n) is 4.87. The van der Waals surface area contributed by atoms with Crippen molar-refractivity contribution < 1.29 is 5.11 Å². The Hall–Kier alpha value is -0.570. The highest BCUT2D eigenvalue weighted by Gasteiger charge is 2.24. The van der Waals surface area contributed by atoms with Gasteiger partial charge < -0.3 is 10.0 Å². The molecule has 1 aliphatic carbocycles. The lowest BCUT2D eigenvalue weighted by atomic mass is 10.1. The molecule has 17 heavy (non-hydrogen) atoms. The third-order valence-corrected chi connectivity index (χ3v) is 3.56. The summed E-state index contributed by atoms with van der Waals surface area (Å²) in [7, 11) is 0. The molecule has 2 nitrogen and oxygen atoms in total. The van der Waals surface area contributed by atoms with Crippen LogP contribution in [0.3, 0.4) is 0 Å². The number of likely N-dealkylation sites (N-methyl/N-ethyl adjacent to an activating group) is 1. The number of nitrogens with zero attached hydrogens (tertiary/aromatic N) is 1. The quantitative estimate of drug-likeness (QED) is 0.842. The van der Waals surface area contributed by atoms with E-state index >= 15 is 0 Å². The van der Waals surface area contributed by atoms with Gasteiger partial charge in [0.25, 0.3) is 0 Å². The van der Waals surface area contributed by atoms with Gasteiger partial charge in [-0.05, 0) is 43.0 Å². The van der Waals surface area contributed by atoms with E-state index in [4.69, 9.17) is 11.6 Å². The van der Waals surface area contributed by atoms with Gasteiger partial charge in [0.15, 0.2) is 0 Å². The van der Waals surface area contributed by atoms with Crippen molar-refractivity contribution in [1.82, 2.24) is 4.90 Å². The standard InChI is InChI=1S/C14H20ClNO/c1-2-16(9-11-6-7-11)10-14(17)12-4-3-5-13(15)8-12/h3-5,8,11,14,17H,2,6-7,9-10H2,1H3. The Bertz CT molecular complexity index is 365. The molecule has 1 N–H and O–H groups in total. The zero-order valence-electron chi connectivity index (χ0n) is 10.3. The molecule has 2 rings (SSSR count). The molecule has 0 aliphatic heterocycles. The van der Waals surface area contributed by atoms with Gasteiger partial charge in [-0.25, -0.2) is 0 Å². The van der Waals surface area contributed by atoms with Crippen molar-refractivity contribution in [3.05, 3.63) is 34.9 Å². The number of aliphatic hydroxyl groups excluding tert-OH is 1. The largest absolute Gasteiger partial charge is 0.387 e. The first kappa shape index (κ1) is 12.9. The van der Waals surface area contributed by atoms with Crippen LogP contribution in [0.2, 0.25) is 5.02 Å². The van der Waals surface area contributed by atoms with E-state index in [1.54, 1.807) is 0 Å². The predicted molar refractivity (Wildman–Crippen MR) is 71.2 cm³/mol. The van der Waals surface area contributed by atoms with Crippen molar-refractivity contribution in [2.24, 2.45) is 5.92 Å². The van der Waals surface area contributed by atoms with Crippen molar-refractivity contribution in [2.75, 3.05) is 19.6 Å². The SMILES string of the molecule is CCN(CC1CC1)CC(O)c1cccc(Cl)c1. The topological polar surface area (TPSA) is 23.5 Å². The monoisotopic (exact) mass is 253 g/mol. The highest BCUT2D eigenvalue weighted by molar-refractivity contribution is 6.30. The van der Waals surface area contributed by atoms with Crippen LogP contribution < -0.4 is 0 Å². The molecule has 1 fully saturated rings. The maximum absolute atomic E-state index is 10.2. The summed E-state index contributed by atoms with van der Waals surface area (Å²) in [5.74, 6) is 0.863. The van der Waals surface area contributed by atoms with Crippen molar-refractivity contribution in [1.29, 1.82) is 0 Å². The Kier molecular flexibility index (Phi) is 4.43. The molecule has 1 aromatic rings. The van der Waals surface area contributed by atoms with Crippen molar-refractivity contribution in [3.8, 4) is 0 Å². The molecule has 0 aromatic heterocycles. The van der Waals surface area contributed by atoms with Crippen LogP contribution in [-0.2, 0) is 0 Å². The fourth-order valence-electron chi connectivity index (χ4n) is 2.06. The third-order valence-electron chi connectivity index (χ3n) is 3.33. The van der Waals surface area contributed by atoms with Gasteiger partial charge in [0.2, 0.25) is 0 Å². The summed E-state index contributed by atoms with van der Waals surface area (Å²) >= 11 is 5.93. The lowest BCUT2D eigenvalue weighted by Crippen LogP contribution is -2.30. The first-order chi connectivity index (χ1) is 8.19. The molecule has 0 saturated heterocycles. The summed E-state index contributed by atoms with van der Waals surface area (Å²) in [6, 6.07) is 7.50. The van der Waals surface area contributed by atoms with E-state index in [1.807, 2.05) is 24.3 Å². The van der Waals surface area contributed by atoms with Gasteiger partial charge in [0.1, 0.15) is 0 Å². The lowest BCUT2D eigenvalue weighted by molar-refractivity contribution is 0.113. The molecular formula is C14H20ClNO. The van der Waals surface area contributed by atoms with Gasteiger partial charge in [-0.15, -0.1) is 0 Å². The summed E-state index contributed by atoms with van der Waals surface area (Å²) in [5, 5.41) is 10.9. The zero-order chi connectivity index (χ0) is 12.3. The van der Waals surface area contributed by atoms with Gasteiger partial charge in [-0.2, -0.15) is 0 Å². The van der Waals surface area contributed by atoms with Crippen LogP contribution in [0.1, 0.15) is 31.4 Å². The Morgan fingerprint density at radius 1 is 1.47 bits per heavy atom. The highest BCUT2D eigenvalue weighted by atomic mass is 35.5. The van der Waals surface area contributed by atoms with Crippen LogP contribution in [0.4, 0.5) is 0 Å². The van der Waals surface area contributed by atoms with Crippen LogP contribution in [0, 0.1) is 5.92 Å². The lowest BCUT2D eigenvalue weighted by Gasteiger charge is -2.23. The smallest absolute Gasteiger partial charge is 0.0917 e. The Morgan fingerprint density at radius 2 is 2.24 bits per heavy atom. The summed E-state index contributed by atoms with van der Waals surface area (Å²) in [6.07, 6.45) is 2.26. The minimum atomic E-state index is -0.438. The van der Waals surface area contributed by atoms with E-state index < -0.39 is 6.10 Å². The van der Waals surface area contributed by atoms with Gasteiger partial charge in [0, 0.05) is 18.1 Å². The minimum absolute atomic E-state index is 0.438. The minimum Gasteiger partial charge on any atom is -0.387 e. The molecule has 94 valence electrons. The van der Waals surface area contributed by atoms with Gasteiger partial charge in [0.05, 0.1) is 6.10 Å². The predicted octanol–water partition coefficient (Wildman–Crippen LogP) is 3.11. The fourth-order valence-corrected chi connectivity index (χ4v) is 2.26. The summed E-state index contributed by atoms with van der Waals surface area (Å²) < 4.78 is 0. The van der Waals surface area contributed by atoms with Crippen molar-refractivity contribution >= 4 is 11.6 Å². The first-order valence-corrected chi connectivity index (χ1v) is 6.72. The first-order valence-electron chi connectivity index (χ1n) is 6.35. The number of hydrogen-bond donors (Lipinski definition) is 1. The van der Waals surface area contributed by atoms with Crippen molar-refractivity contribution in [3.63, 3.8) is 0 Å². The summed E-state index contributed by atoms with van der Waals surface area (Å²) in [4.78, 5) is 2.32. The summed E-state index contributed by atoms with van der Waals surface area (Å²) in [6.45, 7) is 4.96. The molecule has 0 spiro atoms. The number of benzene rings is 1. The van der Waals surface area contributed by atoms with Crippen LogP contribution >= 0.6 is 11.6 Å². The fraction of sp³-hybridized carbons (Fsp3) is 0.571. The molecule has 1 saturated carbocycles. The normalized spacial score (nSPS) is 17.4. The second kappa shape index (κ2) is 5.85. The molecule has 0 heterocycles. The Labute approximate surface area is 108 Å².